The molecule has 1 aromatic carbocycles. The van der Waals surface area contributed by atoms with Crippen LogP contribution in [0.5, 0.6) is 5.75 Å². The number of rotatable bonds is 3. The topological polar surface area (TPSA) is 51.7 Å². The second kappa shape index (κ2) is 6.77. The molecule has 1 amide bonds. The van der Waals surface area contributed by atoms with Crippen LogP contribution in [0.2, 0.25) is 0 Å². The van der Waals surface area contributed by atoms with Gasteiger partial charge in [-0.15, -0.1) is 0 Å². The van der Waals surface area contributed by atoms with Crippen molar-refractivity contribution in [2.75, 3.05) is 25.2 Å². The fourth-order valence-electron chi connectivity index (χ4n) is 3.67. The zero-order valence-corrected chi connectivity index (χ0v) is 15.5. The number of pyridine rings is 1. The Morgan fingerprint density at radius 2 is 2.12 bits per heavy atom. The van der Waals surface area contributed by atoms with Gasteiger partial charge in [0.15, 0.2) is 0 Å². The first-order valence-electron chi connectivity index (χ1n) is 8.35. The number of benzene rings is 1. The minimum atomic E-state index is -0.129. The maximum atomic E-state index is 13.1. The van der Waals surface area contributed by atoms with Crippen LogP contribution in [0.4, 0.5) is 5.82 Å². The zero-order valence-electron chi connectivity index (χ0n) is 13.9. The van der Waals surface area contributed by atoms with Gasteiger partial charge in [-0.25, -0.2) is 4.98 Å². The summed E-state index contributed by atoms with van der Waals surface area (Å²) in [5, 5.41) is 0. The van der Waals surface area contributed by atoms with Gasteiger partial charge in [-0.3, -0.25) is 9.69 Å². The number of amides is 1. The fraction of sp³-hybridized carbons (Fsp3) is 0.368. The van der Waals surface area contributed by atoms with Gasteiger partial charge in [0.25, 0.3) is 0 Å². The minimum absolute atomic E-state index is 0.0999. The SMILES string of the molecule is COc1ccc(CN2C(=O)[C@@H]3COCC[C@@H]3c3cc(Br)cnc32)cc1. The average Bonchev–Trinajstić information content (AvgIpc) is 2.66. The van der Waals surface area contributed by atoms with Gasteiger partial charge in [0.2, 0.25) is 5.91 Å². The van der Waals surface area contributed by atoms with E-state index in [1.807, 2.05) is 24.3 Å². The lowest BCUT2D eigenvalue weighted by molar-refractivity contribution is -0.128. The highest BCUT2D eigenvalue weighted by Gasteiger charge is 2.42. The maximum Gasteiger partial charge on any atom is 0.234 e. The number of methoxy groups -OCH3 is 1. The van der Waals surface area contributed by atoms with E-state index in [0.29, 0.717) is 19.8 Å². The minimum Gasteiger partial charge on any atom is -0.497 e. The Kier molecular flexibility index (Phi) is 4.48. The van der Waals surface area contributed by atoms with Crippen molar-refractivity contribution in [3.8, 4) is 5.75 Å². The van der Waals surface area contributed by atoms with Crippen LogP contribution in [0.1, 0.15) is 23.5 Å². The number of nitrogens with zero attached hydrogens (tertiary/aromatic N) is 2. The molecule has 0 bridgehead atoms. The molecule has 2 aliphatic rings. The third-order valence-corrected chi connectivity index (χ3v) is 5.39. The number of hydrogen-bond acceptors (Lipinski definition) is 4. The van der Waals surface area contributed by atoms with Crippen molar-refractivity contribution in [2.45, 2.75) is 18.9 Å². The number of ether oxygens (including phenoxy) is 2. The molecule has 0 spiro atoms. The summed E-state index contributed by atoms with van der Waals surface area (Å²) in [5.41, 5.74) is 2.18. The van der Waals surface area contributed by atoms with E-state index in [1.165, 1.54) is 0 Å². The smallest absolute Gasteiger partial charge is 0.234 e. The van der Waals surface area contributed by atoms with Gasteiger partial charge in [-0.1, -0.05) is 12.1 Å². The largest absolute Gasteiger partial charge is 0.497 e. The predicted octanol–water partition coefficient (Wildman–Crippen LogP) is 3.52. The molecule has 1 aromatic heterocycles. The summed E-state index contributed by atoms with van der Waals surface area (Å²) in [4.78, 5) is 19.5. The van der Waals surface area contributed by atoms with Crippen LogP contribution in [-0.4, -0.2) is 31.2 Å². The van der Waals surface area contributed by atoms with Crippen LogP contribution < -0.4 is 9.64 Å². The Morgan fingerprint density at radius 1 is 1.32 bits per heavy atom. The standard InChI is InChI=1S/C19H19BrN2O3/c1-24-14-4-2-12(3-5-14)10-22-18-16(8-13(20)9-21-18)15-6-7-25-11-17(15)19(22)23/h2-5,8-9,15,17H,6-7,10-11H2,1H3/t15-,17-/m1/s1. The molecule has 1 saturated heterocycles. The lowest BCUT2D eigenvalue weighted by Crippen LogP contribution is -2.47. The van der Waals surface area contributed by atoms with Crippen LogP contribution in [0.3, 0.4) is 0 Å². The number of hydrogen-bond donors (Lipinski definition) is 0. The van der Waals surface area contributed by atoms with Gasteiger partial charge >= 0.3 is 0 Å². The van der Waals surface area contributed by atoms with Gasteiger partial charge in [-0.2, -0.15) is 0 Å². The number of fused-ring (bicyclic) bond motifs is 3. The molecule has 25 heavy (non-hydrogen) atoms. The third kappa shape index (κ3) is 3.04. The maximum absolute atomic E-state index is 13.1. The quantitative estimate of drug-likeness (QED) is 0.787. The second-order valence-electron chi connectivity index (χ2n) is 6.42. The third-order valence-electron chi connectivity index (χ3n) is 4.96. The molecule has 5 nitrogen and oxygen atoms in total. The molecule has 2 aromatic rings. The van der Waals surface area contributed by atoms with E-state index >= 15 is 0 Å². The van der Waals surface area contributed by atoms with Crippen molar-refractivity contribution in [2.24, 2.45) is 5.92 Å². The van der Waals surface area contributed by atoms with E-state index in [4.69, 9.17) is 9.47 Å². The summed E-state index contributed by atoms with van der Waals surface area (Å²) in [6.07, 6.45) is 2.62. The molecular weight excluding hydrogens is 384 g/mol. The molecule has 4 rings (SSSR count). The van der Waals surface area contributed by atoms with E-state index in [0.717, 1.165) is 33.6 Å². The number of carbonyl (C=O) groups excluding carboxylic acids is 1. The van der Waals surface area contributed by atoms with Crippen LogP contribution in [0, 0.1) is 5.92 Å². The Hall–Kier alpha value is -1.92. The Morgan fingerprint density at radius 3 is 2.88 bits per heavy atom. The lowest BCUT2D eigenvalue weighted by atomic mass is 9.79. The van der Waals surface area contributed by atoms with E-state index in [-0.39, 0.29) is 17.7 Å². The Labute approximate surface area is 155 Å². The Bertz CT molecular complexity index is 794. The van der Waals surface area contributed by atoms with Crippen LogP contribution in [-0.2, 0) is 16.1 Å². The first-order chi connectivity index (χ1) is 12.2. The highest BCUT2D eigenvalue weighted by atomic mass is 79.9. The summed E-state index contributed by atoms with van der Waals surface area (Å²) in [5.74, 6) is 1.73. The second-order valence-corrected chi connectivity index (χ2v) is 7.33. The van der Waals surface area contributed by atoms with Gasteiger partial charge in [-0.05, 0) is 46.1 Å². The van der Waals surface area contributed by atoms with Crippen molar-refractivity contribution in [3.05, 3.63) is 52.1 Å². The van der Waals surface area contributed by atoms with Gasteiger partial charge in [0, 0.05) is 28.8 Å². The Balaban J connectivity index is 1.71. The van der Waals surface area contributed by atoms with E-state index in [2.05, 4.69) is 27.0 Å². The lowest BCUT2D eigenvalue weighted by Gasteiger charge is -2.40. The molecule has 130 valence electrons. The van der Waals surface area contributed by atoms with Gasteiger partial charge < -0.3 is 9.47 Å². The summed E-state index contributed by atoms with van der Waals surface area (Å²) >= 11 is 3.51. The summed E-state index contributed by atoms with van der Waals surface area (Å²) < 4.78 is 11.7. The first-order valence-corrected chi connectivity index (χ1v) is 9.14. The summed E-state index contributed by atoms with van der Waals surface area (Å²) in [7, 11) is 1.64. The molecule has 0 radical (unpaired) electrons. The van der Waals surface area contributed by atoms with Crippen molar-refractivity contribution >= 4 is 27.7 Å². The van der Waals surface area contributed by atoms with E-state index in [9.17, 15) is 4.79 Å². The first kappa shape index (κ1) is 16.5. The van der Waals surface area contributed by atoms with Crippen LogP contribution in [0.15, 0.2) is 41.0 Å². The number of carbonyl (C=O) groups is 1. The molecule has 1 fully saturated rings. The van der Waals surface area contributed by atoms with Gasteiger partial charge in [0.05, 0.1) is 26.2 Å². The predicted molar refractivity (Wildman–Crippen MR) is 97.8 cm³/mol. The number of anilines is 1. The average molecular weight is 403 g/mol. The van der Waals surface area contributed by atoms with Crippen molar-refractivity contribution in [3.63, 3.8) is 0 Å². The summed E-state index contributed by atoms with van der Waals surface area (Å²) in [6.45, 7) is 1.67. The number of halogens is 1. The molecule has 2 aliphatic heterocycles. The monoisotopic (exact) mass is 402 g/mol. The van der Waals surface area contributed by atoms with Crippen molar-refractivity contribution in [1.29, 1.82) is 0 Å². The molecule has 0 aliphatic carbocycles. The molecule has 0 N–H and O–H groups in total. The molecule has 0 unspecified atom stereocenters. The highest BCUT2D eigenvalue weighted by Crippen LogP contribution is 2.43. The normalized spacial score (nSPS) is 22.3. The van der Waals surface area contributed by atoms with Gasteiger partial charge in [0.1, 0.15) is 11.6 Å². The van der Waals surface area contributed by atoms with E-state index in [1.54, 1.807) is 18.2 Å². The van der Waals surface area contributed by atoms with Crippen LogP contribution in [0.25, 0.3) is 0 Å². The highest BCUT2D eigenvalue weighted by molar-refractivity contribution is 9.10. The van der Waals surface area contributed by atoms with Crippen molar-refractivity contribution < 1.29 is 14.3 Å². The molecule has 3 heterocycles. The molecule has 0 saturated carbocycles. The molecule has 2 atom stereocenters. The number of aromatic nitrogens is 1. The van der Waals surface area contributed by atoms with E-state index < -0.39 is 0 Å². The molecular formula is C19H19BrN2O3. The summed E-state index contributed by atoms with van der Waals surface area (Å²) in [6, 6.07) is 9.87. The zero-order chi connectivity index (χ0) is 17.4. The fourth-order valence-corrected chi connectivity index (χ4v) is 4.02. The van der Waals surface area contributed by atoms with Crippen LogP contribution >= 0.6 is 15.9 Å². The van der Waals surface area contributed by atoms with Crippen molar-refractivity contribution in [1.82, 2.24) is 4.98 Å². The molecule has 6 heteroatoms.